The number of methoxy groups -OCH3 is 1. The lowest BCUT2D eigenvalue weighted by molar-refractivity contribution is -0.183. The first-order valence-electron chi connectivity index (χ1n) is 4.58. The number of nitrogens with zero attached hydrogens (tertiary/aromatic N) is 1. The molecule has 0 bridgehead atoms. The molecule has 0 aromatic carbocycles. The fourth-order valence-corrected chi connectivity index (χ4v) is 1.65. The molecule has 0 aromatic rings. The van der Waals surface area contributed by atoms with Gasteiger partial charge in [-0.2, -0.15) is 18.4 Å². The number of hydrogen-bond donors (Lipinski definition) is 0. The molecule has 0 radical (unpaired) electrons. The molecule has 1 rings (SSSR count). The Kier molecular flexibility index (Phi) is 2.95. The van der Waals surface area contributed by atoms with Gasteiger partial charge in [-0.15, -0.1) is 0 Å². The minimum absolute atomic E-state index is 0.318. The summed E-state index contributed by atoms with van der Waals surface area (Å²) in [5.41, 5.74) is -6.10. The van der Waals surface area contributed by atoms with E-state index in [1.807, 2.05) is 0 Å². The number of carbonyl (C=O) groups is 1. The lowest BCUT2D eigenvalue weighted by Crippen LogP contribution is -2.30. The van der Waals surface area contributed by atoms with Crippen molar-refractivity contribution in [3.05, 3.63) is 11.6 Å². The van der Waals surface area contributed by atoms with Crippen LogP contribution in [0, 0.1) is 16.7 Å². The maximum Gasteiger partial charge on any atom is 0.401 e. The number of ether oxygens (including phenoxy) is 1. The Hall–Kier alpha value is -1.58. The number of allylic oxidation sites excluding steroid dienone is 1. The summed E-state index contributed by atoms with van der Waals surface area (Å²) >= 11 is 0. The Balaban J connectivity index is 3.19. The third-order valence-electron chi connectivity index (χ3n) is 2.84. The van der Waals surface area contributed by atoms with Crippen LogP contribution >= 0.6 is 0 Å². The molecular formula is C10H9F4NO2. The van der Waals surface area contributed by atoms with Crippen molar-refractivity contribution in [2.24, 2.45) is 5.41 Å². The first-order chi connectivity index (χ1) is 7.61. The minimum atomic E-state index is -4.85. The van der Waals surface area contributed by atoms with Crippen LogP contribution in [-0.2, 0) is 9.53 Å². The monoisotopic (exact) mass is 251 g/mol. The summed E-state index contributed by atoms with van der Waals surface area (Å²) in [4.78, 5) is 11.0. The molecule has 1 aliphatic carbocycles. The first-order valence-corrected chi connectivity index (χ1v) is 4.58. The lowest BCUT2D eigenvalue weighted by atomic mass is 9.99. The number of esters is 1. The van der Waals surface area contributed by atoms with Gasteiger partial charge in [-0.3, -0.25) is 0 Å². The highest BCUT2D eigenvalue weighted by Gasteiger charge is 2.78. The van der Waals surface area contributed by atoms with Gasteiger partial charge in [0.15, 0.2) is 0 Å². The van der Waals surface area contributed by atoms with E-state index in [2.05, 4.69) is 4.74 Å². The normalized spacial score (nSPS) is 32.9. The molecule has 0 spiro atoms. The van der Waals surface area contributed by atoms with Gasteiger partial charge in [0, 0.05) is 6.42 Å². The second kappa shape index (κ2) is 3.72. The largest absolute Gasteiger partial charge is 0.465 e. The average Bonchev–Trinajstić information content (AvgIpc) is 2.77. The van der Waals surface area contributed by atoms with Gasteiger partial charge in [-0.25, -0.2) is 9.18 Å². The highest BCUT2D eigenvalue weighted by molar-refractivity contribution is 5.93. The topological polar surface area (TPSA) is 50.1 Å². The van der Waals surface area contributed by atoms with Gasteiger partial charge < -0.3 is 4.74 Å². The van der Waals surface area contributed by atoms with Crippen LogP contribution in [0.4, 0.5) is 17.6 Å². The van der Waals surface area contributed by atoms with E-state index < -0.39 is 35.2 Å². The Morgan fingerprint density at radius 1 is 1.53 bits per heavy atom. The number of hydrogen-bond acceptors (Lipinski definition) is 3. The van der Waals surface area contributed by atoms with Crippen molar-refractivity contribution in [3.8, 4) is 6.07 Å². The van der Waals surface area contributed by atoms with Gasteiger partial charge >= 0.3 is 12.1 Å². The van der Waals surface area contributed by atoms with Crippen LogP contribution in [0.5, 0.6) is 0 Å². The van der Waals surface area contributed by atoms with Gasteiger partial charge in [-0.05, 0) is 13.0 Å². The second-order valence-electron chi connectivity index (χ2n) is 4.00. The van der Waals surface area contributed by atoms with Crippen LogP contribution in [0.2, 0.25) is 0 Å². The third kappa shape index (κ3) is 1.99. The fraction of sp³-hybridized carbons (Fsp3) is 0.600. The van der Waals surface area contributed by atoms with Crippen molar-refractivity contribution in [2.45, 2.75) is 25.2 Å². The lowest BCUT2D eigenvalue weighted by Gasteiger charge is -2.18. The molecule has 3 nitrogen and oxygen atoms in total. The maximum absolute atomic E-state index is 13.5. The first kappa shape index (κ1) is 13.5. The van der Waals surface area contributed by atoms with Gasteiger partial charge in [-0.1, -0.05) is 0 Å². The number of rotatable bonds is 2. The van der Waals surface area contributed by atoms with Crippen LogP contribution < -0.4 is 0 Å². The molecule has 1 aliphatic rings. The summed E-state index contributed by atoms with van der Waals surface area (Å²) in [6.07, 6.45) is -5.34. The van der Waals surface area contributed by atoms with Crippen LogP contribution in [-0.4, -0.2) is 24.9 Å². The minimum Gasteiger partial charge on any atom is -0.465 e. The van der Waals surface area contributed by atoms with Crippen molar-refractivity contribution >= 4 is 5.97 Å². The van der Waals surface area contributed by atoms with Crippen LogP contribution in [0.15, 0.2) is 11.6 Å². The standard InChI is InChI=1S/C10H9F4NO2/c1-8(11)5-9(8,10(12,13)14)3-6(4-15)7(16)17-2/h3H,5H2,1-2H3/b6-3-. The van der Waals surface area contributed by atoms with Crippen molar-refractivity contribution in [2.75, 3.05) is 7.11 Å². The zero-order chi connectivity index (χ0) is 13.5. The highest BCUT2D eigenvalue weighted by Crippen LogP contribution is 2.68. The summed E-state index contributed by atoms with van der Waals surface area (Å²) in [6.45, 7) is 0.781. The highest BCUT2D eigenvalue weighted by atomic mass is 19.4. The SMILES string of the molecule is COC(=O)/C(C#N)=C\C1(C(F)(F)F)CC1(C)F. The molecule has 0 amide bonds. The zero-order valence-electron chi connectivity index (χ0n) is 9.06. The van der Waals surface area contributed by atoms with E-state index in [0.717, 1.165) is 14.0 Å². The van der Waals surface area contributed by atoms with E-state index in [9.17, 15) is 22.4 Å². The van der Waals surface area contributed by atoms with E-state index in [0.29, 0.717) is 6.08 Å². The maximum atomic E-state index is 13.5. The summed E-state index contributed by atoms with van der Waals surface area (Å²) in [7, 11) is 0.926. The molecule has 0 heterocycles. The molecule has 94 valence electrons. The molecule has 1 fully saturated rings. The number of carbonyl (C=O) groups excluding carboxylic acids is 1. The Morgan fingerprint density at radius 2 is 2.00 bits per heavy atom. The van der Waals surface area contributed by atoms with Crippen molar-refractivity contribution < 1.29 is 27.1 Å². The molecule has 2 atom stereocenters. The molecule has 2 unspecified atom stereocenters. The number of alkyl halides is 4. The molecule has 0 N–H and O–H groups in total. The Bertz CT molecular complexity index is 419. The van der Waals surface area contributed by atoms with Gasteiger partial charge in [0.2, 0.25) is 0 Å². The Labute approximate surface area is 94.7 Å². The van der Waals surface area contributed by atoms with Crippen LogP contribution in [0.1, 0.15) is 13.3 Å². The average molecular weight is 251 g/mol. The van der Waals surface area contributed by atoms with E-state index >= 15 is 0 Å². The van der Waals surface area contributed by atoms with E-state index in [4.69, 9.17) is 5.26 Å². The summed E-state index contributed by atoms with van der Waals surface area (Å²) in [6, 6.07) is 1.28. The molecule has 0 aromatic heterocycles. The quantitative estimate of drug-likeness (QED) is 0.327. The smallest absolute Gasteiger partial charge is 0.401 e. The molecule has 1 saturated carbocycles. The van der Waals surface area contributed by atoms with Gasteiger partial charge in [0.25, 0.3) is 0 Å². The Morgan fingerprint density at radius 3 is 2.24 bits per heavy atom. The van der Waals surface area contributed by atoms with Crippen molar-refractivity contribution in [1.29, 1.82) is 5.26 Å². The summed E-state index contributed by atoms with van der Waals surface area (Å²) in [5.74, 6) is -1.21. The summed E-state index contributed by atoms with van der Waals surface area (Å²) < 4.78 is 55.7. The van der Waals surface area contributed by atoms with Crippen molar-refractivity contribution in [1.82, 2.24) is 0 Å². The molecule has 0 saturated heterocycles. The molecule has 7 heteroatoms. The van der Waals surface area contributed by atoms with E-state index in [1.165, 1.54) is 6.07 Å². The number of halogens is 4. The third-order valence-corrected chi connectivity index (χ3v) is 2.84. The van der Waals surface area contributed by atoms with Crippen LogP contribution in [0.25, 0.3) is 0 Å². The predicted octanol–water partition coefficient (Wildman–Crippen LogP) is 2.29. The van der Waals surface area contributed by atoms with Crippen molar-refractivity contribution in [3.63, 3.8) is 0 Å². The van der Waals surface area contributed by atoms with Gasteiger partial charge in [0.05, 0.1) is 7.11 Å². The fourth-order valence-electron chi connectivity index (χ4n) is 1.65. The predicted molar refractivity (Wildman–Crippen MR) is 48.3 cm³/mol. The zero-order valence-corrected chi connectivity index (χ0v) is 9.06. The van der Waals surface area contributed by atoms with Gasteiger partial charge in [0.1, 0.15) is 22.7 Å². The molecular weight excluding hydrogens is 242 g/mol. The molecule has 0 aliphatic heterocycles. The summed E-state index contributed by atoms with van der Waals surface area (Å²) in [5, 5.41) is 8.55. The van der Waals surface area contributed by atoms with E-state index in [1.54, 1.807) is 0 Å². The second-order valence-corrected chi connectivity index (χ2v) is 4.00. The number of nitriles is 1. The van der Waals surface area contributed by atoms with Crippen LogP contribution in [0.3, 0.4) is 0 Å². The molecule has 17 heavy (non-hydrogen) atoms. The van der Waals surface area contributed by atoms with E-state index in [-0.39, 0.29) is 0 Å².